The maximum atomic E-state index is 13.5. The summed E-state index contributed by atoms with van der Waals surface area (Å²) in [5.41, 5.74) is 1.58. The van der Waals surface area contributed by atoms with Crippen LogP contribution in [0.25, 0.3) is 11.1 Å². The van der Waals surface area contributed by atoms with Crippen LogP contribution in [-0.2, 0) is 0 Å². The third-order valence-electron chi connectivity index (χ3n) is 5.61. The lowest BCUT2D eigenvalue weighted by Gasteiger charge is -2.41. The molecule has 2 aliphatic rings. The van der Waals surface area contributed by atoms with Crippen molar-refractivity contribution in [2.45, 2.75) is 25.7 Å². The molecule has 2 bridgehead atoms. The zero-order chi connectivity index (χ0) is 18.3. The summed E-state index contributed by atoms with van der Waals surface area (Å²) in [5.74, 6) is -1.80. The second-order valence-corrected chi connectivity index (χ2v) is 7.48. The number of amides is 1. The zero-order valence-electron chi connectivity index (χ0n) is 14.4. The summed E-state index contributed by atoms with van der Waals surface area (Å²) >= 11 is 0. The van der Waals surface area contributed by atoms with E-state index in [2.05, 4.69) is 0 Å². The van der Waals surface area contributed by atoms with E-state index in [0.29, 0.717) is 28.5 Å². The third kappa shape index (κ3) is 3.18. The normalized spacial score (nSPS) is 22.3. The number of carbonyl (C=O) groups is 1. The quantitative estimate of drug-likeness (QED) is 0.853. The van der Waals surface area contributed by atoms with Crippen molar-refractivity contribution in [3.8, 4) is 16.9 Å². The van der Waals surface area contributed by atoms with Crippen molar-refractivity contribution in [1.29, 1.82) is 0 Å². The van der Waals surface area contributed by atoms with Gasteiger partial charge < -0.3 is 10.0 Å². The minimum Gasteiger partial charge on any atom is -0.505 e. The summed E-state index contributed by atoms with van der Waals surface area (Å²) in [6, 6.07) is 9.04. The Morgan fingerprint density at radius 3 is 2.27 bits per heavy atom. The Bertz CT molecular complexity index is 799. The highest BCUT2D eigenvalue weighted by Gasteiger charge is 2.32. The van der Waals surface area contributed by atoms with E-state index in [1.54, 1.807) is 24.3 Å². The van der Waals surface area contributed by atoms with E-state index in [-0.39, 0.29) is 5.91 Å². The van der Waals surface area contributed by atoms with E-state index >= 15 is 0 Å². The van der Waals surface area contributed by atoms with Gasteiger partial charge in [0.15, 0.2) is 17.4 Å². The molecule has 2 atom stereocenters. The average Bonchev–Trinajstić information content (AvgIpc) is 2.65. The summed E-state index contributed by atoms with van der Waals surface area (Å²) < 4.78 is 26.7. The van der Waals surface area contributed by atoms with Gasteiger partial charge in [0.05, 0.1) is 0 Å². The Balaban J connectivity index is 1.53. The Morgan fingerprint density at radius 1 is 1.00 bits per heavy atom. The molecular formula is C21H21F2NO2. The number of rotatable bonds is 2. The monoisotopic (exact) mass is 357 g/mol. The van der Waals surface area contributed by atoms with E-state index in [4.69, 9.17) is 0 Å². The molecule has 2 aromatic carbocycles. The lowest BCUT2D eigenvalue weighted by Crippen LogP contribution is -2.45. The molecular weight excluding hydrogens is 336 g/mol. The van der Waals surface area contributed by atoms with Gasteiger partial charge in [0, 0.05) is 18.7 Å². The Morgan fingerprint density at radius 2 is 1.65 bits per heavy atom. The van der Waals surface area contributed by atoms with Gasteiger partial charge in [-0.05, 0) is 66.5 Å². The largest absolute Gasteiger partial charge is 0.505 e. The summed E-state index contributed by atoms with van der Waals surface area (Å²) in [6.07, 6.45) is 4.92. The van der Waals surface area contributed by atoms with Crippen LogP contribution in [0.2, 0.25) is 0 Å². The number of carbonyl (C=O) groups excluding carboxylic acids is 1. The molecule has 1 saturated heterocycles. The third-order valence-corrected chi connectivity index (χ3v) is 5.61. The molecule has 136 valence electrons. The van der Waals surface area contributed by atoms with Gasteiger partial charge in [-0.1, -0.05) is 18.6 Å². The summed E-state index contributed by atoms with van der Waals surface area (Å²) in [5, 5.41) is 9.46. The topological polar surface area (TPSA) is 40.5 Å². The molecule has 0 aromatic heterocycles. The maximum Gasteiger partial charge on any atom is 0.253 e. The van der Waals surface area contributed by atoms with E-state index in [1.807, 2.05) is 4.90 Å². The number of hydrogen-bond acceptors (Lipinski definition) is 2. The molecule has 4 rings (SSSR count). The van der Waals surface area contributed by atoms with Gasteiger partial charge in [-0.25, -0.2) is 4.39 Å². The molecule has 5 heteroatoms. The second kappa shape index (κ2) is 6.71. The second-order valence-electron chi connectivity index (χ2n) is 7.48. The first-order valence-corrected chi connectivity index (χ1v) is 9.09. The van der Waals surface area contributed by atoms with Crippen LogP contribution < -0.4 is 0 Å². The minimum absolute atomic E-state index is 0.0290. The van der Waals surface area contributed by atoms with Crippen LogP contribution in [0.3, 0.4) is 0 Å². The Labute approximate surface area is 151 Å². The van der Waals surface area contributed by atoms with Crippen LogP contribution in [0, 0.1) is 23.5 Å². The first-order chi connectivity index (χ1) is 12.5. The summed E-state index contributed by atoms with van der Waals surface area (Å²) in [7, 11) is 0. The smallest absolute Gasteiger partial charge is 0.253 e. The zero-order valence-corrected chi connectivity index (χ0v) is 14.4. The number of nitrogens with zero attached hydrogens (tertiary/aromatic N) is 1. The van der Waals surface area contributed by atoms with Crippen molar-refractivity contribution in [2.75, 3.05) is 13.1 Å². The molecule has 2 fully saturated rings. The van der Waals surface area contributed by atoms with E-state index in [0.717, 1.165) is 19.2 Å². The number of likely N-dealkylation sites (tertiary alicyclic amines) is 1. The molecule has 1 heterocycles. The SMILES string of the molecule is O=C(c1ccc(-c2cc(O)c(F)c(F)c2)cc1)N1C[C@H]2CCC[C@@H](C2)C1. The van der Waals surface area contributed by atoms with Crippen LogP contribution in [0.5, 0.6) is 5.75 Å². The molecule has 1 N–H and O–H groups in total. The fourth-order valence-electron chi connectivity index (χ4n) is 4.33. The Kier molecular flexibility index (Phi) is 4.39. The van der Waals surface area contributed by atoms with Crippen LogP contribution in [0.1, 0.15) is 36.0 Å². The Hall–Kier alpha value is -2.43. The molecule has 1 aliphatic carbocycles. The molecule has 2 aromatic rings. The van der Waals surface area contributed by atoms with Crippen LogP contribution in [0.4, 0.5) is 8.78 Å². The fraction of sp³-hybridized carbons (Fsp3) is 0.381. The van der Waals surface area contributed by atoms with E-state index in [9.17, 15) is 18.7 Å². The van der Waals surface area contributed by atoms with Gasteiger partial charge >= 0.3 is 0 Å². The molecule has 0 radical (unpaired) electrons. The number of benzene rings is 2. The lowest BCUT2D eigenvalue weighted by atomic mass is 9.78. The van der Waals surface area contributed by atoms with Gasteiger partial charge in [-0.3, -0.25) is 4.79 Å². The predicted molar refractivity (Wildman–Crippen MR) is 94.8 cm³/mol. The van der Waals surface area contributed by atoms with Crippen molar-refractivity contribution >= 4 is 5.91 Å². The van der Waals surface area contributed by atoms with Crippen molar-refractivity contribution in [3.05, 3.63) is 53.6 Å². The number of hydrogen-bond donors (Lipinski definition) is 1. The number of aromatic hydroxyl groups is 1. The van der Waals surface area contributed by atoms with Crippen LogP contribution in [0.15, 0.2) is 36.4 Å². The standard InChI is InChI=1S/C21H21F2NO2/c22-18-9-17(10-19(25)20(18)23)15-4-6-16(7-5-15)21(26)24-11-13-2-1-3-14(8-13)12-24/h4-7,9-10,13-14,25H,1-3,8,11-12H2/t13-,14-/m0/s1. The van der Waals surface area contributed by atoms with Crippen molar-refractivity contribution < 1.29 is 18.7 Å². The predicted octanol–water partition coefficient (Wildman–Crippen LogP) is 4.60. The summed E-state index contributed by atoms with van der Waals surface area (Å²) in [6.45, 7) is 1.66. The first kappa shape index (κ1) is 17.0. The lowest BCUT2D eigenvalue weighted by molar-refractivity contribution is 0.0504. The van der Waals surface area contributed by atoms with Crippen molar-refractivity contribution in [3.63, 3.8) is 0 Å². The van der Waals surface area contributed by atoms with Gasteiger partial charge in [0.25, 0.3) is 5.91 Å². The molecule has 0 spiro atoms. The highest BCUT2D eigenvalue weighted by atomic mass is 19.2. The highest BCUT2D eigenvalue weighted by molar-refractivity contribution is 5.94. The number of phenols is 1. The van der Waals surface area contributed by atoms with Gasteiger partial charge in [-0.15, -0.1) is 0 Å². The minimum atomic E-state index is -1.25. The number of fused-ring (bicyclic) bond motifs is 2. The number of phenolic OH excluding ortho intramolecular Hbond substituents is 1. The number of halogens is 2. The van der Waals surface area contributed by atoms with E-state index < -0.39 is 17.4 Å². The highest BCUT2D eigenvalue weighted by Crippen LogP contribution is 2.35. The molecule has 1 saturated carbocycles. The maximum absolute atomic E-state index is 13.5. The van der Waals surface area contributed by atoms with Crippen LogP contribution >= 0.6 is 0 Å². The molecule has 0 unspecified atom stereocenters. The van der Waals surface area contributed by atoms with Crippen molar-refractivity contribution in [1.82, 2.24) is 4.90 Å². The van der Waals surface area contributed by atoms with Gasteiger partial charge in [0.2, 0.25) is 0 Å². The average molecular weight is 357 g/mol. The fourth-order valence-corrected chi connectivity index (χ4v) is 4.33. The molecule has 3 nitrogen and oxygen atoms in total. The van der Waals surface area contributed by atoms with Crippen molar-refractivity contribution in [2.24, 2.45) is 11.8 Å². The first-order valence-electron chi connectivity index (χ1n) is 9.09. The molecule has 1 amide bonds. The molecule has 26 heavy (non-hydrogen) atoms. The number of piperidine rings is 1. The van der Waals surface area contributed by atoms with Gasteiger partial charge in [0.1, 0.15) is 0 Å². The van der Waals surface area contributed by atoms with Gasteiger partial charge in [-0.2, -0.15) is 4.39 Å². The molecule has 1 aliphatic heterocycles. The van der Waals surface area contributed by atoms with E-state index in [1.165, 1.54) is 31.7 Å². The summed E-state index contributed by atoms with van der Waals surface area (Å²) in [4.78, 5) is 14.8. The van der Waals surface area contributed by atoms with Crippen LogP contribution in [-0.4, -0.2) is 29.0 Å².